The van der Waals surface area contributed by atoms with E-state index in [2.05, 4.69) is 5.32 Å². The maximum Gasteiger partial charge on any atom is 0.339 e. The molecule has 6 heteroatoms. The van der Waals surface area contributed by atoms with Crippen LogP contribution >= 0.6 is 11.6 Å². The van der Waals surface area contributed by atoms with E-state index >= 15 is 0 Å². The number of anilines is 1. The Kier molecular flexibility index (Phi) is 5.44. The lowest BCUT2D eigenvalue weighted by Gasteiger charge is -2.25. The number of carboxylic acids is 1. The summed E-state index contributed by atoms with van der Waals surface area (Å²) >= 11 is 5.90. The lowest BCUT2D eigenvalue weighted by atomic mass is 10.1. The summed E-state index contributed by atoms with van der Waals surface area (Å²) in [4.78, 5) is 25.3. The van der Waals surface area contributed by atoms with E-state index in [1.807, 2.05) is 0 Å². The molecule has 1 aromatic carbocycles. The van der Waals surface area contributed by atoms with Gasteiger partial charge in [-0.2, -0.15) is 0 Å². The Morgan fingerprint density at radius 1 is 1.10 bits per heavy atom. The fraction of sp³-hybridized carbons (Fsp3) is 0.467. The molecule has 0 atom stereocenters. The number of likely N-dealkylation sites (tertiary alicyclic amines) is 1. The molecule has 0 spiro atoms. The van der Waals surface area contributed by atoms with Crippen LogP contribution < -0.4 is 5.32 Å². The van der Waals surface area contributed by atoms with E-state index in [9.17, 15) is 14.7 Å². The third-order valence-corrected chi connectivity index (χ3v) is 3.93. The van der Waals surface area contributed by atoms with E-state index in [1.54, 1.807) is 17.0 Å². The van der Waals surface area contributed by atoms with Crippen LogP contribution in [0.15, 0.2) is 18.2 Å². The number of nitrogens with zero attached hydrogens (tertiary/aromatic N) is 1. The number of nitrogens with one attached hydrogen (secondary N) is 1. The van der Waals surface area contributed by atoms with Crippen molar-refractivity contribution in [3.05, 3.63) is 28.8 Å². The van der Waals surface area contributed by atoms with Gasteiger partial charge in [-0.25, -0.2) is 9.59 Å². The Bertz CT molecular complexity index is 526. The molecule has 0 saturated carbocycles. The number of carbonyl (C=O) groups excluding carboxylic acids is 1. The average molecular weight is 311 g/mol. The van der Waals surface area contributed by atoms with Crippen LogP contribution in [0, 0.1) is 0 Å². The van der Waals surface area contributed by atoms with Gasteiger partial charge in [-0.05, 0) is 25.0 Å². The third-order valence-electron chi connectivity index (χ3n) is 3.61. The van der Waals surface area contributed by atoms with Gasteiger partial charge in [0.15, 0.2) is 0 Å². The number of carbonyl (C=O) groups is 2. The number of hydrogen-bond donors (Lipinski definition) is 2. The Hall–Kier alpha value is -1.75. The van der Waals surface area contributed by atoms with Gasteiger partial charge in [0.05, 0.1) is 10.7 Å². The van der Waals surface area contributed by atoms with Gasteiger partial charge in [-0.3, -0.25) is 0 Å². The van der Waals surface area contributed by atoms with Gasteiger partial charge in [0, 0.05) is 13.1 Å². The molecule has 2 rings (SSSR count). The number of amides is 2. The fourth-order valence-corrected chi connectivity index (χ4v) is 2.75. The summed E-state index contributed by atoms with van der Waals surface area (Å²) in [6.07, 6.45) is 5.43. The van der Waals surface area contributed by atoms with E-state index in [1.165, 1.54) is 12.5 Å². The summed E-state index contributed by atoms with van der Waals surface area (Å²) in [5.41, 5.74) is 0.168. The van der Waals surface area contributed by atoms with Crippen molar-refractivity contribution in [1.29, 1.82) is 0 Å². The highest BCUT2D eigenvalue weighted by molar-refractivity contribution is 6.34. The zero-order valence-electron chi connectivity index (χ0n) is 11.8. The number of aromatic carboxylic acids is 1. The van der Waals surface area contributed by atoms with Gasteiger partial charge < -0.3 is 15.3 Å². The van der Waals surface area contributed by atoms with Crippen molar-refractivity contribution in [2.24, 2.45) is 0 Å². The van der Waals surface area contributed by atoms with Gasteiger partial charge >= 0.3 is 12.0 Å². The monoisotopic (exact) mass is 310 g/mol. The molecule has 1 aliphatic rings. The second-order valence-corrected chi connectivity index (χ2v) is 5.56. The molecular weight excluding hydrogens is 292 g/mol. The molecule has 5 nitrogen and oxygen atoms in total. The van der Waals surface area contributed by atoms with E-state index in [0.29, 0.717) is 13.1 Å². The van der Waals surface area contributed by atoms with Crippen LogP contribution in [0.2, 0.25) is 5.02 Å². The molecule has 0 unspecified atom stereocenters. The maximum absolute atomic E-state index is 12.3. The Morgan fingerprint density at radius 2 is 1.71 bits per heavy atom. The van der Waals surface area contributed by atoms with E-state index in [4.69, 9.17) is 11.6 Å². The maximum atomic E-state index is 12.3. The molecular formula is C15H19ClN2O3. The molecule has 2 N–H and O–H groups in total. The molecule has 1 saturated heterocycles. The van der Waals surface area contributed by atoms with E-state index < -0.39 is 5.97 Å². The molecule has 1 fully saturated rings. The van der Waals surface area contributed by atoms with Gasteiger partial charge in [-0.15, -0.1) is 0 Å². The first kappa shape index (κ1) is 15.6. The van der Waals surface area contributed by atoms with Crippen molar-refractivity contribution in [2.45, 2.75) is 32.1 Å². The molecule has 1 heterocycles. The van der Waals surface area contributed by atoms with Crippen molar-refractivity contribution in [3.8, 4) is 0 Å². The molecule has 114 valence electrons. The van der Waals surface area contributed by atoms with Crippen molar-refractivity contribution < 1.29 is 14.7 Å². The van der Waals surface area contributed by atoms with Crippen molar-refractivity contribution >= 4 is 29.3 Å². The predicted octanol–water partition coefficient (Wildman–Crippen LogP) is 3.84. The summed E-state index contributed by atoms with van der Waals surface area (Å²) in [6.45, 7) is 1.41. The number of urea groups is 1. The zero-order valence-corrected chi connectivity index (χ0v) is 12.5. The second kappa shape index (κ2) is 7.31. The Labute approximate surface area is 128 Å². The molecule has 21 heavy (non-hydrogen) atoms. The third kappa shape index (κ3) is 4.11. The molecule has 2 amide bonds. The molecule has 1 aliphatic heterocycles. The highest BCUT2D eigenvalue weighted by Crippen LogP contribution is 2.25. The summed E-state index contributed by atoms with van der Waals surface area (Å²) < 4.78 is 0. The normalized spacial score (nSPS) is 16.0. The molecule has 0 aromatic heterocycles. The minimum absolute atomic E-state index is 0.0699. The van der Waals surface area contributed by atoms with Crippen LogP contribution in [0.4, 0.5) is 10.5 Å². The minimum atomic E-state index is -1.15. The second-order valence-electron chi connectivity index (χ2n) is 5.15. The number of carboxylic acid groups (broad SMARTS) is 1. The van der Waals surface area contributed by atoms with Gasteiger partial charge in [-0.1, -0.05) is 36.9 Å². The van der Waals surface area contributed by atoms with Crippen LogP contribution in [-0.4, -0.2) is 35.1 Å². The number of rotatable bonds is 2. The van der Waals surface area contributed by atoms with E-state index in [-0.39, 0.29) is 22.3 Å². The van der Waals surface area contributed by atoms with Crippen LogP contribution in [0.25, 0.3) is 0 Å². The zero-order chi connectivity index (χ0) is 15.2. The number of benzene rings is 1. The topological polar surface area (TPSA) is 69.6 Å². The van der Waals surface area contributed by atoms with Crippen molar-refractivity contribution in [1.82, 2.24) is 4.90 Å². The highest BCUT2D eigenvalue weighted by Gasteiger charge is 2.19. The van der Waals surface area contributed by atoms with Crippen LogP contribution in [0.5, 0.6) is 0 Å². The summed E-state index contributed by atoms with van der Waals surface area (Å²) in [5, 5.41) is 12.0. The lowest BCUT2D eigenvalue weighted by molar-refractivity contribution is 0.0698. The van der Waals surface area contributed by atoms with Crippen LogP contribution in [0.3, 0.4) is 0 Å². The Morgan fingerprint density at radius 3 is 2.33 bits per heavy atom. The van der Waals surface area contributed by atoms with Gasteiger partial charge in [0.2, 0.25) is 0 Å². The first-order valence-corrected chi connectivity index (χ1v) is 7.55. The summed E-state index contributed by atoms with van der Waals surface area (Å²) in [7, 11) is 0. The molecule has 0 aliphatic carbocycles. The molecule has 0 radical (unpaired) electrons. The standard InChI is InChI=1S/C15H19ClN2O3/c16-11-7-6-8-12(13(11)14(19)20)17-15(21)18-9-4-2-1-3-5-10-18/h6-8H,1-5,9-10H2,(H,17,21)(H,19,20). The lowest BCUT2D eigenvalue weighted by Crippen LogP contribution is -2.37. The largest absolute Gasteiger partial charge is 0.478 e. The van der Waals surface area contributed by atoms with Crippen LogP contribution in [-0.2, 0) is 0 Å². The summed E-state index contributed by atoms with van der Waals surface area (Å²) in [6, 6.07) is 4.41. The first-order chi connectivity index (χ1) is 10.1. The quantitative estimate of drug-likeness (QED) is 0.872. The highest BCUT2D eigenvalue weighted by atomic mass is 35.5. The summed E-state index contributed by atoms with van der Waals surface area (Å²) in [5.74, 6) is -1.15. The number of halogens is 1. The van der Waals surface area contributed by atoms with E-state index in [0.717, 1.165) is 25.7 Å². The van der Waals surface area contributed by atoms with Gasteiger partial charge in [0.25, 0.3) is 0 Å². The number of hydrogen-bond acceptors (Lipinski definition) is 2. The van der Waals surface area contributed by atoms with Gasteiger partial charge in [0.1, 0.15) is 5.56 Å². The molecule has 0 bridgehead atoms. The SMILES string of the molecule is O=C(O)c1c(Cl)cccc1NC(=O)N1CCCCCCC1. The first-order valence-electron chi connectivity index (χ1n) is 7.17. The minimum Gasteiger partial charge on any atom is -0.478 e. The van der Waals surface area contributed by atoms with Crippen molar-refractivity contribution in [2.75, 3.05) is 18.4 Å². The van der Waals surface area contributed by atoms with Crippen LogP contribution in [0.1, 0.15) is 42.5 Å². The smallest absolute Gasteiger partial charge is 0.339 e. The van der Waals surface area contributed by atoms with Crippen molar-refractivity contribution in [3.63, 3.8) is 0 Å². The predicted molar refractivity (Wildman–Crippen MR) is 82.1 cm³/mol. The fourth-order valence-electron chi connectivity index (χ4n) is 2.49. The molecule has 1 aromatic rings. The Balaban J connectivity index is 2.11. The average Bonchev–Trinajstić information content (AvgIpc) is 2.37.